The number of benzene rings is 2. The molecule has 1 saturated carbocycles. The number of hydrogen-bond donors (Lipinski definition) is 2. The van der Waals surface area contributed by atoms with E-state index in [1.54, 1.807) is 4.68 Å². The van der Waals surface area contributed by atoms with Gasteiger partial charge in [-0.05, 0) is 105 Å². The molecule has 0 bridgehead atoms. The molecule has 0 radical (unpaired) electrons. The Bertz CT molecular complexity index is 1720. The lowest BCUT2D eigenvalue weighted by Crippen LogP contribution is -2.34. The summed E-state index contributed by atoms with van der Waals surface area (Å²) in [7, 11) is 0. The fraction of sp³-hybridized carbons (Fsp3) is 0.424. The molecule has 4 aromatic rings. The smallest absolute Gasteiger partial charge is 0.248 e. The third kappa shape index (κ3) is 4.42. The zero-order valence-corrected chi connectivity index (χ0v) is 23.8. The molecule has 8 rings (SSSR count). The number of nitrogen functional groups attached to an aromatic ring is 1. The summed E-state index contributed by atoms with van der Waals surface area (Å²) in [5.41, 5.74) is 15.0. The summed E-state index contributed by atoms with van der Waals surface area (Å²) in [6.07, 6.45) is 9.81. The van der Waals surface area contributed by atoms with Crippen LogP contribution in [-0.4, -0.2) is 49.0 Å². The predicted octanol–water partition coefficient (Wildman–Crippen LogP) is 5.02. The molecule has 9 nitrogen and oxygen atoms in total. The van der Waals surface area contributed by atoms with Crippen molar-refractivity contribution in [3.63, 3.8) is 0 Å². The largest absolute Gasteiger partial charge is 0.368 e. The van der Waals surface area contributed by atoms with Gasteiger partial charge in [0.25, 0.3) is 0 Å². The monoisotopic (exact) mass is 557 g/mol. The van der Waals surface area contributed by atoms with E-state index in [2.05, 4.69) is 79.0 Å². The Hall–Kier alpha value is -4.29. The minimum atomic E-state index is 0.274. The van der Waals surface area contributed by atoms with Gasteiger partial charge in [-0.15, -0.1) is 15.3 Å². The van der Waals surface area contributed by atoms with Crippen molar-refractivity contribution in [3.8, 4) is 23.1 Å². The number of hydrogen-bond acceptors (Lipinski definition) is 8. The highest BCUT2D eigenvalue weighted by Crippen LogP contribution is 2.58. The van der Waals surface area contributed by atoms with E-state index < -0.39 is 0 Å². The van der Waals surface area contributed by atoms with Gasteiger partial charge in [-0.25, -0.2) is 0 Å². The van der Waals surface area contributed by atoms with Crippen LogP contribution in [0, 0.1) is 22.7 Å². The molecular weight excluding hydrogens is 522 g/mol. The molecule has 1 aliphatic heterocycles. The lowest BCUT2D eigenvalue weighted by atomic mass is 10.0. The van der Waals surface area contributed by atoms with Gasteiger partial charge in [-0.1, -0.05) is 30.3 Å². The van der Waals surface area contributed by atoms with Gasteiger partial charge in [0.2, 0.25) is 11.9 Å². The van der Waals surface area contributed by atoms with E-state index in [0.29, 0.717) is 23.2 Å². The van der Waals surface area contributed by atoms with E-state index in [9.17, 15) is 5.26 Å². The van der Waals surface area contributed by atoms with Crippen molar-refractivity contribution in [1.82, 2.24) is 29.9 Å². The number of nitrogens with zero attached hydrogens (tertiary/aromatic N) is 7. The van der Waals surface area contributed by atoms with Crippen LogP contribution in [-0.2, 0) is 25.7 Å². The average Bonchev–Trinajstić information content (AvgIpc) is 3.51. The minimum Gasteiger partial charge on any atom is -0.368 e. The van der Waals surface area contributed by atoms with Gasteiger partial charge in [0.15, 0.2) is 5.82 Å². The molecule has 3 unspecified atom stereocenters. The lowest BCUT2D eigenvalue weighted by Gasteiger charge is -2.26. The normalized spacial score (nSPS) is 24.6. The Morgan fingerprint density at radius 3 is 2.69 bits per heavy atom. The van der Waals surface area contributed by atoms with Crippen molar-refractivity contribution in [2.24, 2.45) is 11.3 Å². The molecule has 3 aliphatic carbocycles. The number of nitrogens with one attached hydrogen (secondary N) is 1. The van der Waals surface area contributed by atoms with Crippen molar-refractivity contribution in [2.45, 2.75) is 63.8 Å². The van der Waals surface area contributed by atoms with Crippen LogP contribution in [0.1, 0.15) is 54.4 Å². The van der Waals surface area contributed by atoms with Crippen molar-refractivity contribution < 1.29 is 0 Å². The van der Waals surface area contributed by atoms with Gasteiger partial charge < -0.3 is 11.1 Å². The average molecular weight is 558 g/mol. The maximum Gasteiger partial charge on any atom is 0.248 e. The van der Waals surface area contributed by atoms with Crippen LogP contribution in [0.15, 0.2) is 48.5 Å². The van der Waals surface area contributed by atoms with E-state index in [0.717, 1.165) is 80.5 Å². The lowest BCUT2D eigenvalue weighted by molar-refractivity contribution is 0.210. The second-order valence-electron chi connectivity index (χ2n) is 12.6. The first kappa shape index (κ1) is 25.4. The summed E-state index contributed by atoms with van der Waals surface area (Å²) in [5, 5.41) is 26.5. The maximum atomic E-state index is 9.38. The van der Waals surface area contributed by atoms with Gasteiger partial charge in [0.1, 0.15) is 0 Å². The summed E-state index contributed by atoms with van der Waals surface area (Å²) >= 11 is 0. The van der Waals surface area contributed by atoms with Gasteiger partial charge in [-0.2, -0.15) is 14.9 Å². The van der Waals surface area contributed by atoms with Crippen LogP contribution < -0.4 is 11.1 Å². The van der Waals surface area contributed by atoms with Gasteiger partial charge in [0.05, 0.1) is 17.7 Å². The SMILES string of the molecule is N#CC1CC12CCN(C1CCc3ccc(Nc4nc(N)n(-c5cc6c(nn5)-c5ccccc5CCC6)n4)cc3CC1)C2. The molecule has 2 fully saturated rings. The minimum absolute atomic E-state index is 0.274. The number of likely N-dealkylation sites (tertiary alicyclic amines) is 1. The summed E-state index contributed by atoms with van der Waals surface area (Å²) in [4.78, 5) is 7.17. The molecule has 2 aromatic heterocycles. The molecule has 3 heterocycles. The number of fused-ring (bicyclic) bond motifs is 4. The summed E-state index contributed by atoms with van der Waals surface area (Å²) in [6, 6.07) is 20.2. The number of rotatable bonds is 4. The van der Waals surface area contributed by atoms with Gasteiger partial charge >= 0.3 is 0 Å². The van der Waals surface area contributed by atoms with E-state index in [4.69, 9.17) is 5.73 Å². The molecular formula is C33H35N9. The number of aryl methyl sites for hydroxylation is 4. The van der Waals surface area contributed by atoms with Crippen molar-refractivity contribution in [3.05, 3.63) is 70.8 Å². The second-order valence-corrected chi connectivity index (χ2v) is 12.6. The molecule has 212 valence electrons. The zero-order chi connectivity index (χ0) is 28.3. The third-order valence-corrected chi connectivity index (χ3v) is 10.1. The summed E-state index contributed by atoms with van der Waals surface area (Å²) in [5.74, 6) is 1.58. The Balaban J connectivity index is 0.975. The van der Waals surface area contributed by atoms with Gasteiger partial charge in [0, 0.05) is 29.3 Å². The molecule has 1 saturated heterocycles. The highest BCUT2D eigenvalue weighted by Gasteiger charge is 2.58. The Kier molecular flexibility index (Phi) is 6.00. The number of anilines is 3. The summed E-state index contributed by atoms with van der Waals surface area (Å²) < 4.78 is 1.57. The van der Waals surface area contributed by atoms with Gasteiger partial charge in [-0.3, -0.25) is 4.90 Å². The maximum absolute atomic E-state index is 9.38. The molecule has 0 amide bonds. The Morgan fingerprint density at radius 2 is 1.81 bits per heavy atom. The standard InChI is InChI=1S/C33H35N9/c34-19-25-18-33(25)14-15-41(20-33)27-12-9-21-8-11-26(16-23(21)10-13-27)36-32-37-31(35)42(40-32)29-17-24-6-3-5-22-4-1-2-7-28(22)30(24)39-38-29/h1-2,4,7-8,11,16-17,25,27H,3,5-6,9-10,12-15,18,20H2,(H3,35,36,37,40). The van der Waals surface area contributed by atoms with Crippen molar-refractivity contribution >= 4 is 17.6 Å². The summed E-state index contributed by atoms with van der Waals surface area (Å²) in [6.45, 7) is 2.25. The van der Waals surface area contributed by atoms with Crippen molar-refractivity contribution in [1.29, 1.82) is 5.26 Å². The molecule has 4 aliphatic rings. The molecule has 2 aromatic carbocycles. The van der Waals surface area contributed by atoms with E-state index in [1.807, 2.05) is 6.07 Å². The van der Waals surface area contributed by atoms with Crippen molar-refractivity contribution in [2.75, 3.05) is 24.1 Å². The topological polar surface area (TPSA) is 122 Å². The van der Waals surface area contributed by atoms with Crippen LogP contribution in [0.25, 0.3) is 17.1 Å². The number of aromatic nitrogens is 5. The molecule has 9 heteroatoms. The van der Waals surface area contributed by atoms with Crippen LogP contribution in [0.2, 0.25) is 0 Å². The highest BCUT2D eigenvalue weighted by molar-refractivity contribution is 5.68. The fourth-order valence-corrected chi connectivity index (χ4v) is 7.61. The first-order valence-corrected chi connectivity index (χ1v) is 15.3. The number of nitrogens with two attached hydrogens (primary N) is 1. The quantitative estimate of drug-likeness (QED) is 0.336. The van der Waals surface area contributed by atoms with Crippen LogP contribution >= 0.6 is 0 Å². The number of nitriles is 1. The van der Waals surface area contributed by atoms with E-state index in [1.165, 1.54) is 29.5 Å². The predicted molar refractivity (Wildman–Crippen MR) is 161 cm³/mol. The third-order valence-electron chi connectivity index (χ3n) is 10.1. The Morgan fingerprint density at radius 1 is 0.952 bits per heavy atom. The van der Waals surface area contributed by atoms with E-state index in [-0.39, 0.29) is 11.9 Å². The first-order chi connectivity index (χ1) is 20.6. The molecule has 42 heavy (non-hydrogen) atoms. The van der Waals surface area contributed by atoms with Crippen LogP contribution in [0.5, 0.6) is 0 Å². The van der Waals surface area contributed by atoms with Crippen LogP contribution in [0.3, 0.4) is 0 Å². The molecule has 3 N–H and O–H groups in total. The Labute approximate surface area is 245 Å². The highest BCUT2D eigenvalue weighted by atomic mass is 15.4. The molecule has 1 spiro atoms. The fourth-order valence-electron chi connectivity index (χ4n) is 7.61. The second kappa shape index (κ2) is 9.92. The van der Waals surface area contributed by atoms with E-state index >= 15 is 0 Å². The first-order valence-electron chi connectivity index (χ1n) is 15.3. The van der Waals surface area contributed by atoms with Crippen LogP contribution in [0.4, 0.5) is 17.6 Å². The molecule has 3 atom stereocenters. The zero-order valence-electron chi connectivity index (χ0n) is 23.8.